The lowest BCUT2D eigenvalue weighted by molar-refractivity contribution is 0.0729. The van der Waals surface area contributed by atoms with Gasteiger partial charge in [0.15, 0.2) is 0 Å². The Labute approximate surface area is 171 Å². The first kappa shape index (κ1) is 21.3. The van der Waals surface area contributed by atoms with Gasteiger partial charge >= 0.3 is 0 Å². The largest absolute Gasteiger partial charge is 0.495 e. The number of nitrogens with zero attached hydrogens (tertiary/aromatic N) is 2. The molecule has 1 saturated heterocycles. The summed E-state index contributed by atoms with van der Waals surface area (Å²) in [4.78, 5) is 14.6. The lowest BCUT2D eigenvalue weighted by atomic mass is 10.1. The summed E-state index contributed by atoms with van der Waals surface area (Å²) in [6.45, 7) is 5.12. The maximum Gasteiger partial charge on any atom is 0.258 e. The Kier molecular flexibility index (Phi) is 6.26. The van der Waals surface area contributed by atoms with Crippen LogP contribution >= 0.6 is 0 Å². The molecule has 2 aromatic carbocycles. The normalized spacial score (nSPS) is 15.2. The average molecular weight is 419 g/mol. The van der Waals surface area contributed by atoms with Crippen molar-refractivity contribution in [3.8, 4) is 5.75 Å². The number of ether oxygens (including phenoxy) is 2. The maximum absolute atomic E-state index is 13.1. The summed E-state index contributed by atoms with van der Waals surface area (Å²) < 4.78 is 38.2. The molecular formula is C21H26N2O5S. The molecule has 7 nitrogen and oxygen atoms in total. The monoisotopic (exact) mass is 418 g/mol. The van der Waals surface area contributed by atoms with Crippen LogP contribution in [0.5, 0.6) is 5.75 Å². The van der Waals surface area contributed by atoms with Gasteiger partial charge in [-0.05, 0) is 49.2 Å². The summed E-state index contributed by atoms with van der Waals surface area (Å²) in [5.74, 6) is -0.0813. The number of benzene rings is 2. The molecule has 0 aliphatic carbocycles. The molecular weight excluding hydrogens is 392 g/mol. The Morgan fingerprint density at radius 2 is 1.79 bits per heavy atom. The number of methoxy groups -OCH3 is 1. The van der Waals surface area contributed by atoms with Crippen LogP contribution in [0.4, 0.5) is 5.69 Å². The fourth-order valence-corrected chi connectivity index (χ4v) is 4.91. The molecule has 1 aliphatic rings. The topological polar surface area (TPSA) is 76.2 Å². The van der Waals surface area contributed by atoms with Crippen LogP contribution in [0.15, 0.2) is 41.3 Å². The molecule has 1 heterocycles. The highest BCUT2D eigenvalue weighted by atomic mass is 32.2. The van der Waals surface area contributed by atoms with Crippen molar-refractivity contribution in [2.24, 2.45) is 0 Å². The summed E-state index contributed by atoms with van der Waals surface area (Å²) in [6, 6.07) is 10.4. The van der Waals surface area contributed by atoms with Crippen LogP contribution in [-0.4, -0.2) is 59.1 Å². The van der Waals surface area contributed by atoms with Gasteiger partial charge in [-0.25, -0.2) is 8.42 Å². The van der Waals surface area contributed by atoms with Gasteiger partial charge < -0.3 is 14.4 Å². The second-order valence-corrected chi connectivity index (χ2v) is 8.94. The molecule has 0 atom stereocenters. The van der Waals surface area contributed by atoms with Gasteiger partial charge in [0.1, 0.15) is 10.6 Å². The van der Waals surface area contributed by atoms with E-state index in [0.717, 1.165) is 16.8 Å². The Bertz CT molecular complexity index is 1010. The van der Waals surface area contributed by atoms with E-state index in [1.165, 1.54) is 28.4 Å². The van der Waals surface area contributed by atoms with Gasteiger partial charge in [-0.2, -0.15) is 4.31 Å². The Morgan fingerprint density at radius 3 is 2.45 bits per heavy atom. The van der Waals surface area contributed by atoms with Crippen LogP contribution < -0.4 is 9.64 Å². The minimum absolute atomic E-state index is 0.0119. The minimum Gasteiger partial charge on any atom is -0.495 e. The SMILES string of the molecule is COc1ccc(C(=O)N(C)c2cc(C)ccc2C)cc1S(=O)(=O)N1CCOCC1. The molecule has 0 radical (unpaired) electrons. The lowest BCUT2D eigenvalue weighted by Crippen LogP contribution is -2.40. The summed E-state index contributed by atoms with van der Waals surface area (Å²) >= 11 is 0. The molecule has 0 spiro atoms. The molecule has 0 aromatic heterocycles. The molecule has 0 bridgehead atoms. The van der Waals surface area contributed by atoms with E-state index in [9.17, 15) is 13.2 Å². The Morgan fingerprint density at radius 1 is 1.10 bits per heavy atom. The van der Waals surface area contributed by atoms with E-state index in [1.807, 2.05) is 32.0 Å². The molecule has 0 N–H and O–H groups in total. The molecule has 1 aliphatic heterocycles. The number of carbonyl (C=O) groups is 1. The number of aryl methyl sites for hydroxylation is 2. The van der Waals surface area contributed by atoms with E-state index in [4.69, 9.17) is 9.47 Å². The van der Waals surface area contributed by atoms with Crippen molar-refractivity contribution in [3.63, 3.8) is 0 Å². The van der Waals surface area contributed by atoms with Crippen molar-refractivity contribution in [3.05, 3.63) is 53.1 Å². The number of hydrogen-bond acceptors (Lipinski definition) is 5. The molecule has 1 amide bonds. The highest BCUT2D eigenvalue weighted by Gasteiger charge is 2.30. The molecule has 0 unspecified atom stereocenters. The van der Waals surface area contributed by atoms with E-state index >= 15 is 0 Å². The fourth-order valence-electron chi connectivity index (χ4n) is 3.32. The summed E-state index contributed by atoms with van der Waals surface area (Å²) in [6.07, 6.45) is 0. The van der Waals surface area contributed by atoms with Crippen molar-refractivity contribution >= 4 is 21.6 Å². The third-order valence-electron chi connectivity index (χ3n) is 5.03. The van der Waals surface area contributed by atoms with Gasteiger partial charge in [-0.15, -0.1) is 0 Å². The third kappa shape index (κ3) is 4.29. The first-order valence-electron chi connectivity index (χ1n) is 9.37. The number of amides is 1. The van der Waals surface area contributed by atoms with E-state index in [2.05, 4.69) is 0 Å². The molecule has 8 heteroatoms. The molecule has 2 aromatic rings. The zero-order valence-electron chi connectivity index (χ0n) is 17.1. The van der Waals surface area contributed by atoms with Crippen LogP contribution in [0.1, 0.15) is 21.5 Å². The molecule has 29 heavy (non-hydrogen) atoms. The Hall–Kier alpha value is -2.42. The van der Waals surface area contributed by atoms with Gasteiger partial charge in [0, 0.05) is 31.4 Å². The smallest absolute Gasteiger partial charge is 0.258 e. The third-order valence-corrected chi connectivity index (χ3v) is 6.95. The van der Waals surface area contributed by atoms with Crippen LogP contribution in [0.25, 0.3) is 0 Å². The second-order valence-electron chi connectivity index (χ2n) is 7.04. The van der Waals surface area contributed by atoms with E-state index < -0.39 is 10.0 Å². The van der Waals surface area contributed by atoms with Crippen LogP contribution in [-0.2, 0) is 14.8 Å². The van der Waals surface area contributed by atoms with Crippen LogP contribution in [0, 0.1) is 13.8 Å². The zero-order valence-corrected chi connectivity index (χ0v) is 18.0. The van der Waals surface area contributed by atoms with E-state index in [1.54, 1.807) is 13.1 Å². The highest BCUT2D eigenvalue weighted by molar-refractivity contribution is 7.89. The predicted octanol–water partition coefficient (Wildman–Crippen LogP) is 2.61. The molecule has 1 fully saturated rings. The summed E-state index contributed by atoms with van der Waals surface area (Å²) in [5, 5.41) is 0. The van der Waals surface area contributed by atoms with Crippen molar-refractivity contribution in [2.45, 2.75) is 18.7 Å². The maximum atomic E-state index is 13.1. The first-order valence-corrected chi connectivity index (χ1v) is 10.8. The summed E-state index contributed by atoms with van der Waals surface area (Å²) in [5.41, 5.74) is 3.06. The van der Waals surface area contributed by atoms with Crippen molar-refractivity contribution < 1.29 is 22.7 Å². The lowest BCUT2D eigenvalue weighted by Gasteiger charge is -2.27. The standard InChI is InChI=1S/C21H26N2O5S/c1-15-5-6-16(2)18(13-15)22(3)21(24)17-7-8-19(27-4)20(14-17)29(25,26)23-9-11-28-12-10-23/h5-8,13-14H,9-12H2,1-4H3. The summed E-state index contributed by atoms with van der Waals surface area (Å²) in [7, 11) is -0.709. The number of carbonyl (C=O) groups excluding carboxylic acids is 1. The number of hydrogen-bond donors (Lipinski definition) is 0. The number of morpholine rings is 1. The second kappa shape index (κ2) is 8.52. The number of sulfonamides is 1. The quantitative estimate of drug-likeness (QED) is 0.746. The highest BCUT2D eigenvalue weighted by Crippen LogP contribution is 2.30. The van der Waals surface area contributed by atoms with Gasteiger partial charge in [-0.3, -0.25) is 4.79 Å². The predicted molar refractivity (Wildman–Crippen MR) is 111 cm³/mol. The van der Waals surface area contributed by atoms with Crippen molar-refractivity contribution in [2.75, 3.05) is 45.4 Å². The number of anilines is 1. The van der Waals surface area contributed by atoms with Gasteiger partial charge in [0.25, 0.3) is 5.91 Å². The fraction of sp³-hybridized carbons (Fsp3) is 0.381. The van der Waals surface area contributed by atoms with Crippen molar-refractivity contribution in [1.29, 1.82) is 0 Å². The van der Waals surface area contributed by atoms with Gasteiger partial charge in [-0.1, -0.05) is 12.1 Å². The molecule has 0 saturated carbocycles. The average Bonchev–Trinajstić information content (AvgIpc) is 2.74. The minimum atomic E-state index is -3.81. The van der Waals surface area contributed by atoms with E-state index in [0.29, 0.717) is 13.2 Å². The van der Waals surface area contributed by atoms with Crippen LogP contribution in [0.2, 0.25) is 0 Å². The molecule has 156 valence electrons. The van der Waals surface area contributed by atoms with Crippen LogP contribution in [0.3, 0.4) is 0 Å². The molecule has 3 rings (SSSR count). The van der Waals surface area contributed by atoms with E-state index in [-0.39, 0.29) is 35.2 Å². The zero-order chi connectivity index (χ0) is 21.2. The van der Waals surface area contributed by atoms with Crippen molar-refractivity contribution in [1.82, 2.24) is 4.31 Å². The first-order chi connectivity index (χ1) is 13.8. The van der Waals surface area contributed by atoms with Gasteiger partial charge in [0.05, 0.1) is 20.3 Å². The number of rotatable bonds is 5. The van der Waals surface area contributed by atoms with Gasteiger partial charge in [0.2, 0.25) is 10.0 Å². The Balaban J connectivity index is 1.99.